The summed E-state index contributed by atoms with van der Waals surface area (Å²) >= 11 is 1.76. The molecular weight excluding hydrogens is 304 g/mol. The van der Waals surface area contributed by atoms with Crippen molar-refractivity contribution in [2.75, 3.05) is 13.4 Å². The van der Waals surface area contributed by atoms with Gasteiger partial charge in [0.15, 0.2) is 0 Å². The van der Waals surface area contributed by atoms with Crippen LogP contribution in [0.1, 0.15) is 24.0 Å². The van der Waals surface area contributed by atoms with Gasteiger partial charge in [-0.25, -0.2) is 4.98 Å². The molecule has 0 saturated heterocycles. The molecule has 0 fully saturated rings. The maximum absolute atomic E-state index is 5.38. The fourth-order valence-corrected chi connectivity index (χ4v) is 4.12. The van der Waals surface area contributed by atoms with E-state index in [2.05, 4.69) is 35.6 Å². The zero-order valence-electron chi connectivity index (χ0n) is 13.5. The zero-order valence-corrected chi connectivity index (χ0v) is 14.3. The van der Waals surface area contributed by atoms with E-state index in [9.17, 15) is 0 Å². The number of H-pyrrole nitrogens is 1. The van der Waals surface area contributed by atoms with E-state index in [1.54, 1.807) is 18.9 Å². The normalized spacial score (nSPS) is 14.0. The first kappa shape index (κ1) is 14.6. The van der Waals surface area contributed by atoms with E-state index >= 15 is 0 Å². The van der Waals surface area contributed by atoms with Crippen LogP contribution in [0.5, 0.6) is 5.75 Å². The van der Waals surface area contributed by atoms with Crippen LogP contribution in [0.3, 0.4) is 0 Å². The smallest absolute Gasteiger partial charge is 0.119 e. The third-order valence-corrected chi connectivity index (χ3v) is 5.38. The fourth-order valence-electron chi connectivity index (χ4n) is 3.45. The summed E-state index contributed by atoms with van der Waals surface area (Å²) in [7, 11) is 1.70. The fraction of sp³-hybridized carbons (Fsp3) is 0.316. The highest BCUT2D eigenvalue weighted by molar-refractivity contribution is 7.98. The third-order valence-electron chi connectivity index (χ3n) is 4.66. The molecule has 2 aromatic heterocycles. The summed E-state index contributed by atoms with van der Waals surface area (Å²) < 4.78 is 5.38. The van der Waals surface area contributed by atoms with Crippen LogP contribution >= 0.6 is 11.8 Å². The second-order valence-electron chi connectivity index (χ2n) is 5.98. The van der Waals surface area contributed by atoms with Crippen molar-refractivity contribution in [1.82, 2.24) is 9.97 Å². The minimum absolute atomic E-state index is 0.876. The summed E-state index contributed by atoms with van der Waals surface area (Å²) in [5.41, 5.74) is 6.27. The topological polar surface area (TPSA) is 37.9 Å². The second-order valence-corrected chi connectivity index (χ2v) is 6.77. The number of fused-ring (bicyclic) bond motifs is 2. The minimum Gasteiger partial charge on any atom is -0.497 e. The van der Waals surface area contributed by atoms with Gasteiger partial charge in [0.25, 0.3) is 0 Å². The predicted molar refractivity (Wildman–Crippen MR) is 96.5 cm³/mol. The molecule has 118 valence electrons. The summed E-state index contributed by atoms with van der Waals surface area (Å²) in [5, 5.41) is 2.36. The van der Waals surface area contributed by atoms with Gasteiger partial charge >= 0.3 is 0 Å². The number of benzene rings is 1. The van der Waals surface area contributed by atoms with Crippen molar-refractivity contribution >= 4 is 22.7 Å². The van der Waals surface area contributed by atoms with Crippen molar-refractivity contribution in [3.8, 4) is 17.0 Å². The van der Waals surface area contributed by atoms with Gasteiger partial charge in [0, 0.05) is 22.7 Å². The quantitative estimate of drug-likeness (QED) is 0.701. The van der Waals surface area contributed by atoms with Crippen molar-refractivity contribution < 1.29 is 4.74 Å². The average molecular weight is 324 g/mol. The lowest BCUT2D eigenvalue weighted by atomic mass is 9.92. The number of methoxy groups -OCH3 is 1. The monoisotopic (exact) mass is 324 g/mol. The number of rotatable bonds is 3. The number of nitrogens with zero attached hydrogens (tertiary/aromatic N) is 1. The van der Waals surface area contributed by atoms with Gasteiger partial charge in [-0.3, -0.25) is 0 Å². The number of aromatic amines is 1. The molecule has 4 heteroatoms. The van der Waals surface area contributed by atoms with Gasteiger partial charge in [-0.15, -0.1) is 11.8 Å². The van der Waals surface area contributed by atoms with Crippen molar-refractivity contribution in [1.29, 1.82) is 0 Å². The Labute approximate surface area is 140 Å². The maximum Gasteiger partial charge on any atom is 0.119 e. The first-order valence-electron chi connectivity index (χ1n) is 8.02. The summed E-state index contributed by atoms with van der Waals surface area (Å²) in [6, 6.07) is 8.42. The molecule has 0 radical (unpaired) electrons. The Kier molecular flexibility index (Phi) is 3.77. The van der Waals surface area contributed by atoms with E-state index in [4.69, 9.17) is 9.72 Å². The number of aryl methyl sites for hydroxylation is 1. The number of hydrogen-bond donors (Lipinski definition) is 1. The number of pyridine rings is 1. The van der Waals surface area contributed by atoms with E-state index in [1.165, 1.54) is 47.2 Å². The average Bonchev–Trinajstić information content (AvgIpc) is 3.03. The molecular formula is C19H20N2OS. The Morgan fingerprint density at radius 2 is 2.04 bits per heavy atom. The molecule has 0 atom stereocenters. The molecule has 0 saturated carbocycles. The molecule has 1 aromatic carbocycles. The zero-order chi connectivity index (χ0) is 15.8. The molecule has 0 aliphatic heterocycles. The Bertz CT molecular complexity index is 852. The summed E-state index contributed by atoms with van der Waals surface area (Å²) in [4.78, 5) is 8.31. The Morgan fingerprint density at radius 1 is 1.17 bits per heavy atom. The van der Waals surface area contributed by atoms with Crippen molar-refractivity contribution in [3.63, 3.8) is 0 Å². The minimum atomic E-state index is 0.876. The van der Waals surface area contributed by atoms with Crippen molar-refractivity contribution in [2.24, 2.45) is 0 Å². The van der Waals surface area contributed by atoms with Crippen LogP contribution in [0.25, 0.3) is 22.2 Å². The molecule has 3 nitrogen and oxygen atoms in total. The van der Waals surface area contributed by atoms with E-state index in [0.717, 1.165) is 22.5 Å². The molecule has 2 heterocycles. The SMILES string of the molecule is COc1ccc2[nH]cc(-c3cc4c(c(SC)n3)CCCC4)c2c1. The van der Waals surface area contributed by atoms with E-state index in [1.807, 2.05) is 6.07 Å². The second kappa shape index (κ2) is 5.93. The van der Waals surface area contributed by atoms with E-state index in [0.29, 0.717) is 0 Å². The van der Waals surface area contributed by atoms with Gasteiger partial charge in [-0.1, -0.05) is 0 Å². The summed E-state index contributed by atoms with van der Waals surface area (Å²) in [6.07, 6.45) is 9.09. The van der Waals surface area contributed by atoms with Crippen molar-refractivity contribution in [3.05, 3.63) is 41.6 Å². The standard InChI is InChI=1S/C19H20N2OS/c1-22-13-7-8-17-15(10-13)16(11-20-17)18-9-12-5-3-4-6-14(12)19(21-18)23-2/h7-11,20H,3-6H2,1-2H3. The Balaban J connectivity index is 1.90. The molecule has 0 unspecified atom stereocenters. The first-order chi connectivity index (χ1) is 11.3. The lowest BCUT2D eigenvalue weighted by Gasteiger charge is -2.19. The molecule has 0 amide bonds. The predicted octanol–water partition coefficient (Wildman–Crippen LogP) is 4.84. The van der Waals surface area contributed by atoms with Crippen LogP contribution in [-0.2, 0) is 12.8 Å². The van der Waals surface area contributed by atoms with Crippen LogP contribution in [0.15, 0.2) is 35.5 Å². The Morgan fingerprint density at radius 3 is 2.87 bits per heavy atom. The van der Waals surface area contributed by atoms with Crippen LogP contribution in [0.2, 0.25) is 0 Å². The number of thioether (sulfide) groups is 1. The molecule has 1 aliphatic carbocycles. The maximum atomic E-state index is 5.38. The van der Waals surface area contributed by atoms with Crippen LogP contribution in [0, 0.1) is 0 Å². The summed E-state index contributed by atoms with van der Waals surface area (Å²) in [5.74, 6) is 0.876. The van der Waals surface area contributed by atoms with Gasteiger partial charge in [-0.05, 0) is 67.3 Å². The van der Waals surface area contributed by atoms with Gasteiger partial charge in [-0.2, -0.15) is 0 Å². The van der Waals surface area contributed by atoms with Gasteiger partial charge in [0.1, 0.15) is 5.75 Å². The van der Waals surface area contributed by atoms with E-state index in [-0.39, 0.29) is 0 Å². The number of nitrogens with one attached hydrogen (secondary N) is 1. The molecule has 4 rings (SSSR count). The lowest BCUT2D eigenvalue weighted by molar-refractivity contribution is 0.415. The van der Waals surface area contributed by atoms with Gasteiger partial charge < -0.3 is 9.72 Å². The first-order valence-corrected chi connectivity index (χ1v) is 9.25. The molecule has 0 bridgehead atoms. The molecule has 3 aromatic rings. The Hall–Kier alpha value is -1.94. The van der Waals surface area contributed by atoms with Crippen LogP contribution in [-0.4, -0.2) is 23.3 Å². The van der Waals surface area contributed by atoms with E-state index < -0.39 is 0 Å². The highest BCUT2D eigenvalue weighted by atomic mass is 32.2. The molecule has 1 aliphatic rings. The van der Waals surface area contributed by atoms with Gasteiger partial charge in [0.2, 0.25) is 0 Å². The number of ether oxygens (including phenoxy) is 1. The number of hydrogen-bond acceptors (Lipinski definition) is 3. The van der Waals surface area contributed by atoms with Crippen LogP contribution in [0.4, 0.5) is 0 Å². The molecule has 23 heavy (non-hydrogen) atoms. The molecule has 1 N–H and O–H groups in total. The highest BCUT2D eigenvalue weighted by Crippen LogP contribution is 2.35. The highest BCUT2D eigenvalue weighted by Gasteiger charge is 2.18. The lowest BCUT2D eigenvalue weighted by Crippen LogP contribution is -2.06. The summed E-state index contributed by atoms with van der Waals surface area (Å²) in [6.45, 7) is 0. The van der Waals surface area contributed by atoms with Crippen LogP contribution < -0.4 is 4.74 Å². The number of aromatic nitrogens is 2. The third kappa shape index (κ3) is 2.51. The van der Waals surface area contributed by atoms with Crippen molar-refractivity contribution in [2.45, 2.75) is 30.7 Å². The largest absolute Gasteiger partial charge is 0.497 e. The van der Waals surface area contributed by atoms with Gasteiger partial charge in [0.05, 0.1) is 17.8 Å². The molecule has 0 spiro atoms.